The van der Waals surface area contributed by atoms with Gasteiger partial charge in [0, 0.05) is 22.5 Å². The highest BCUT2D eigenvalue weighted by Gasteiger charge is 2.25. The molecule has 0 aliphatic heterocycles. The molecule has 0 unspecified atom stereocenters. The van der Waals surface area contributed by atoms with Gasteiger partial charge in [-0.05, 0) is 43.2 Å². The van der Waals surface area contributed by atoms with Gasteiger partial charge in [0.05, 0.1) is 12.9 Å². The lowest BCUT2D eigenvalue weighted by molar-refractivity contribution is -0.113. The summed E-state index contributed by atoms with van der Waals surface area (Å²) in [5, 5.41) is 12.9. The Bertz CT molecular complexity index is 1440. The molecule has 2 aromatic heterocycles. The molecule has 0 saturated carbocycles. The van der Waals surface area contributed by atoms with Crippen LogP contribution in [0.2, 0.25) is 5.02 Å². The summed E-state index contributed by atoms with van der Waals surface area (Å²) in [5.41, 5.74) is 2.92. The normalized spacial score (nSPS) is 10.8. The molecule has 1 N–H and O–H groups in total. The molecule has 0 aliphatic rings. The predicted octanol–water partition coefficient (Wildman–Crippen LogP) is 5.91. The zero-order chi connectivity index (χ0) is 26.5. The topological polar surface area (TPSA) is 95.3 Å². The number of esters is 1. The number of nitrogens with one attached hydrogen (secondary N) is 1. The molecule has 192 valence electrons. The van der Waals surface area contributed by atoms with Gasteiger partial charge >= 0.3 is 5.97 Å². The highest BCUT2D eigenvalue weighted by Crippen LogP contribution is 2.40. The molecule has 2 aromatic carbocycles. The average molecular weight is 557 g/mol. The van der Waals surface area contributed by atoms with Gasteiger partial charge in [-0.25, -0.2) is 4.79 Å². The number of methoxy groups -OCH3 is 1. The van der Waals surface area contributed by atoms with Gasteiger partial charge in [-0.2, -0.15) is 0 Å². The molecule has 0 spiro atoms. The second kappa shape index (κ2) is 11.8. The van der Waals surface area contributed by atoms with E-state index in [4.69, 9.17) is 21.1 Å². The summed E-state index contributed by atoms with van der Waals surface area (Å²) in [4.78, 5) is 26.4. The van der Waals surface area contributed by atoms with E-state index in [-0.39, 0.29) is 18.3 Å². The van der Waals surface area contributed by atoms with Crippen molar-refractivity contribution in [2.45, 2.75) is 25.6 Å². The lowest BCUT2D eigenvalue weighted by Gasteiger charge is -2.09. The standard InChI is InChI=1S/C26H25ClN4O4S2/c1-15-12-18(27)10-11-19(15)35-13-20-29-30-26(31(20)3)36-14-21(32)28-24-23(25(33)34-4)22(16(2)37-24)17-8-6-5-7-9-17/h5-12H,13-14H2,1-4H3,(H,28,32). The number of halogens is 1. The van der Waals surface area contributed by atoms with Crippen molar-refractivity contribution in [1.82, 2.24) is 14.8 Å². The Morgan fingerprint density at radius 2 is 1.89 bits per heavy atom. The fraction of sp³-hybridized carbons (Fsp3) is 0.231. The molecule has 0 bridgehead atoms. The van der Waals surface area contributed by atoms with Crippen LogP contribution in [-0.2, 0) is 23.2 Å². The van der Waals surface area contributed by atoms with E-state index in [2.05, 4.69) is 15.5 Å². The number of carbonyl (C=O) groups excluding carboxylic acids is 2. The monoisotopic (exact) mass is 556 g/mol. The highest BCUT2D eigenvalue weighted by molar-refractivity contribution is 7.99. The first kappa shape index (κ1) is 26.7. The zero-order valence-corrected chi connectivity index (χ0v) is 23.1. The second-order valence-electron chi connectivity index (χ2n) is 8.09. The van der Waals surface area contributed by atoms with Crippen molar-refractivity contribution < 1.29 is 19.1 Å². The average Bonchev–Trinajstić information content (AvgIpc) is 3.40. The van der Waals surface area contributed by atoms with Gasteiger partial charge < -0.3 is 19.4 Å². The Balaban J connectivity index is 1.42. The Hall–Kier alpha value is -3.34. The molecule has 1 amide bonds. The molecule has 11 heteroatoms. The Labute approximate surface area is 228 Å². The van der Waals surface area contributed by atoms with Gasteiger partial charge in [-0.1, -0.05) is 53.7 Å². The summed E-state index contributed by atoms with van der Waals surface area (Å²) >= 11 is 8.59. The minimum absolute atomic E-state index is 0.0847. The number of aromatic nitrogens is 3. The number of aryl methyl sites for hydroxylation is 2. The number of rotatable bonds is 9. The van der Waals surface area contributed by atoms with Crippen molar-refractivity contribution >= 4 is 51.6 Å². The minimum atomic E-state index is -0.500. The third kappa shape index (κ3) is 6.15. The van der Waals surface area contributed by atoms with Crippen molar-refractivity contribution in [3.8, 4) is 16.9 Å². The smallest absolute Gasteiger partial charge is 0.341 e. The van der Waals surface area contributed by atoms with Crippen LogP contribution in [0.3, 0.4) is 0 Å². The van der Waals surface area contributed by atoms with E-state index in [1.54, 1.807) is 10.6 Å². The van der Waals surface area contributed by atoms with Crippen LogP contribution in [0.15, 0.2) is 53.7 Å². The fourth-order valence-electron chi connectivity index (χ4n) is 3.69. The molecule has 0 atom stereocenters. The van der Waals surface area contributed by atoms with Crippen LogP contribution in [0.25, 0.3) is 11.1 Å². The number of carbonyl (C=O) groups is 2. The van der Waals surface area contributed by atoms with Crippen LogP contribution in [0.4, 0.5) is 5.00 Å². The summed E-state index contributed by atoms with van der Waals surface area (Å²) in [7, 11) is 3.15. The second-order valence-corrected chi connectivity index (χ2v) is 10.7. The first-order valence-electron chi connectivity index (χ1n) is 11.3. The van der Waals surface area contributed by atoms with E-state index in [1.165, 1.54) is 30.2 Å². The summed E-state index contributed by atoms with van der Waals surface area (Å²) < 4.78 is 12.7. The van der Waals surface area contributed by atoms with E-state index in [0.717, 1.165) is 21.6 Å². The van der Waals surface area contributed by atoms with E-state index in [9.17, 15) is 9.59 Å². The van der Waals surface area contributed by atoms with E-state index < -0.39 is 5.97 Å². The van der Waals surface area contributed by atoms with Crippen molar-refractivity contribution in [3.05, 3.63) is 75.4 Å². The molecular weight excluding hydrogens is 532 g/mol. The maximum Gasteiger partial charge on any atom is 0.341 e. The molecule has 0 radical (unpaired) electrons. The molecule has 4 rings (SSSR count). The molecule has 4 aromatic rings. The van der Waals surface area contributed by atoms with Gasteiger partial charge in [0.1, 0.15) is 22.9 Å². The molecule has 2 heterocycles. The molecule has 37 heavy (non-hydrogen) atoms. The summed E-state index contributed by atoms with van der Waals surface area (Å²) in [5.74, 6) is 0.644. The lowest BCUT2D eigenvalue weighted by atomic mass is 10.0. The lowest BCUT2D eigenvalue weighted by Crippen LogP contribution is -2.16. The maximum absolute atomic E-state index is 12.8. The predicted molar refractivity (Wildman–Crippen MR) is 147 cm³/mol. The van der Waals surface area contributed by atoms with E-state index in [0.29, 0.717) is 32.3 Å². The van der Waals surface area contributed by atoms with Crippen molar-refractivity contribution in [2.24, 2.45) is 7.05 Å². The number of amides is 1. The molecule has 0 aliphatic carbocycles. The number of thiophene rings is 1. The van der Waals surface area contributed by atoms with Gasteiger partial charge in [0.2, 0.25) is 5.91 Å². The SMILES string of the molecule is COC(=O)c1c(NC(=O)CSc2nnc(COc3ccc(Cl)cc3C)n2C)sc(C)c1-c1ccccc1. The number of nitrogens with zero attached hydrogens (tertiary/aromatic N) is 3. The van der Waals surface area contributed by atoms with Gasteiger partial charge in [-0.3, -0.25) is 4.79 Å². The molecule has 0 saturated heterocycles. The zero-order valence-electron chi connectivity index (χ0n) is 20.7. The Morgan fingerprint density at radius 1 is 1.14 bits per heavy atom. The number of hydrogen-bond acceptors (Lipinski definition) is 8. The largest absolute Gasteiger partial charge is 0.485 e. The van der Waals surface area contributed by atoms with Gasteiger partial charge in [0.25, 0.3) is 0 Å². The van der Waals surface area contributed by atoms with Gasteiger partial charge in [0.15, 0.2) is 11.0 Å². The first-order valence-corrected chi connectivity index (χ1v) is 13.4. The maximum atomic E-state index is 12.8. The van der Waals surface area contributed by atoms with Crippen molar-refractivity contribution in [2.75, 3.05) is 18.2 Å². The quantitative estimate of drug-likeness (QED) is 0.202. The van der Waals surface area contributed by atoms with E-state index in [1.807, 2.05) is 63.4 Å². The van der Waals surface area contributed by atoms with Crippen LogP contribution in [0, 0.1) is 13.8 Å². The summed E-state index contributed by atoms with van der Waals surface area (Å²) in [6.07, 6.45) is 0. The number of benzene rings is 2. The van der Waals surface area contributed by atoms with Crippen molar-refractivity contribution in [1.29, 1.82) is 0 Å². The fourth-order valence-corrected chi connectivity index (χ4v) is 5.73. The Morgan fingerprint density at radius 3 is 2.59 bits per heavy atom. The van der Waals surface area contributed by atoms with Crippen LogP contribution < -0.4 is 10.1 Å². The number of thioether (sulfide) groups is 1. The third-order valence-corrected chi connectivity index (χ3v) is 7.82. The number of hydrogen-bond donors (Lipinski definition) is 1. The van der Waals surface area contributed by atoms with Crippen molar-refractivity contribution in [3.63, 3.8) is 0 Å². The summed E-state index contributed by atoms with van der Waals surface area (Å²) in [6, 6.07) is 15.0. The Kier molecular flexibility index (Phi) is 8.52. The number of ether oxygens (including phenoxy) is 2. The van der Waals surface area contributed by atoms with Crippen LogP contribution in [0.1, 0.15) is 26.6 Å². The first-order chi connectivity index (χ1) is 17.8. The van der Waals surface area contributed by atoms with E-state index >= 15 is 0 Å². The minimum Gasteiger partial charge on any atom is -0.485 e. The van der Waals surface area contributed by atoms with Crippen LogP contribution >= 0.6 is 34.7 Å². The van der Waals surface area contributed by atoms with Crippen LogP contribution in [0.5, 0.6) is 5.75 Å². The highest BCUT2D eigenvalue weighted by atomic mass is 35.5. The molecule has 0 fully saturated rings. The summed E-state index contributed by atoms with van der Waals surface area (Å²) in [6.45, 7) is 4.05. The molecular formula is C26H25ClN4O4S2. The third-order valence-electron chi connectivity index (χ3n) is 5.54. The molecule has 8 nitrogen and oxygen atoms in total. The van der Waals surface area contributed by atoms with Crippen LogP contribution in [-0.4, -0.2) is 39.5 Å². The van der Waals surface area contributed by atoms with Gasteiger partial charge in [-0.15, -0.1) is 21.5 Å². The number of anilines is 1.